The molecule has 0 heterocycles. The van der Waals surface area contributed by atoms with Crippen LogP contribution in [0.25, 0.3) is 0 Å². The van der Waals surface area contributed by atoms with Gasteiger partial charge in [-0.15, -0.1) is 0 Å². The fourth-order valence-corrected chi connectivity index (χ4v) is 3.90. The Morgan fingerprint density at radius 1 is 1.47 bits per heavy atom. The first kappa shape index (κ1) is 13.0. The monoisotopic (exact) mass is 311 g/mol. The van der Waals surface area contributed by atoms with Gasteiger partial charge in [0.25, 0.3) is 0 Å². The van der Waals surface area contributed by atoms with Crippen molar-refractivity contribution in [1.29, 1.82) is 0 Å². The van der Waals surface area contributed by atoms with Crippen LogP contribution in [0.1, 0.15) is 6.92 Å². The molecule has 15 heavy (non-hydrogen) atoms. The minimum Gasteiger partial charge on any atom is -0.207 e. The summed E-state index contributed by atoms with van der Waals surface area (Å²) in [6.07, 6.45) is 0. The number of rotatable bonds is 3. The lowest BCUT2D eigenvalue weighted by molar-refractivity contribution is 0.486. The zero-order valence-electron chi connectivity index (χ0n) is 8.37. The summed E-state index contributed by atoms with van der Waals surface area (Å²) in [5, 5.41) is 0.227. The second kappa shape index (κ2) is 4.82. The first-order valence-electron chi connectivity index (χ1n) is 4.31. The number of hydrogen-bond acceptors (Lipinski definition) is 2. The van der Waals surface area contributed by atoms with Gasteiger partial charge in [-0.1, -0.05) is 24.6 Å². The maximum Gasteiger partial charge on any atom is 0.245 e. The standard InChI is InChI=1S/C9H11BrClNO2S/c1-3-12(2)15(13,14)9-7(10)5-4-6-8(9)11/h4-6H,3H2,1-2H3. The van der Waals surface area contributed by atoms with Crippen molar-refractivity contribution in [2.75, 3.05) is 13.6 Å². The quantitative estimate of drug-likeness (QED) is 0.860. The third kappa shape index (κ3) is 2.53. The van der Waals surface area contributed by atoms with E-state index in [2.05, 4.69) is 15.9 Å². The summed E-state index contributed by atoms with van der Waals surface area (Å²) in [5.74, 6) is 0. The molecule has 0 aromatic heterocycles. The second-order valence-corrected chi connectivity index (χ2v) is 6.21. The number of nitrogens with zero attached hydrogens (tertiary/aromatic N) is 1. The van der Waals surface area contributed by atoms with Gasteiger partial charge in [0, 0.05) is 18.1 Å². The van der Waals surface area contributed by atoms with Crippen molar-refractivity contribution in [3.63, 3.8) is 0 Å². The molecule has 0 unspecified atom stereocenters. The normalized spacial score (nSPS) is 12.1. The topological polar surface area (TPSA) is 37.4 Å². The van der Waals surface area contributed by atoms with Crippen LogP contribution in [-0.4, -0.2) is 26.3 Å². The van der Waals surface area contributed by atoms with Gasteiger partial charge in [0.15, 0.2) is 0 Å². The first-order chi connectivity index (χ1) is 6.91. The smallest absolute Gasteiger partial charge is 0.207 e. The van der Waals surface area contributed by atoms with Crippen molar-refractivity contribution < 1.29 is 8.42 Å². The molecule has 0 atom stereocenters. The summed E-state index contributed by atoms with van der Waals surface area (Å²) in [4.78, 5) is 0.121. The van der Waals surface area contributed by atoms with Crippen molar-refractivity contribution in [3.05, 3.63) is 27.7 Å². The van der Waals surface area contributed by atoms with Gasteiger partial charge in [-0.25, -0.2) is 12.7 Å². The lowest BCUT2D eigenvalue weighted by Gasteiger charge is -2.16. The minimum atomic E-state index is -3.50. The van der Waals surface area contributed by atoms with Crippen molar-refractivity contribution >= 4 is 37.6 Å². The van der Waals surface area contributed by atoms with E-state index in [4.69, 9.17) is 11.6 Å². The Kier molecular flexibility index (Phi) is 4.17. The zero-order chi connectivity index (χ0) is 11.6. The molecule has 0 radical (unpaired) electrons. The molecule has 1 rings (SSSR count). The fourth-order valence-electron chi connectivity index (χ4n) is 1.05. The molecule has 0 aliphatic carbocycles. The van der Waals surface area contributed by atoms with Crippen LogP contribution >= 0.6 is 27.5 Å². The van der Waals surface area contributed by atoms with Gasteiger partial charge >= 0.3 is 0 Å². The number of halogens is 2. The predicted octanol–water partition coefficient (Wildman–Crippen LogP) is 2.74. The Balaban J connectivity index is 3.40. The van der Waals surface area contributed by atoms with Crippen molar-refractivity contribution in [2.24, 2.45) is 0 Å². The van der Waals surface area contributed by atoms with E-state index in [-0.39, 0.29) is 9.92 Å². The number of sulfonamides is 1. The van der Waals surface area contributed by atoms with E-state index in [1.807, 2.05) is 0 Å². The van der Waals surface area contributed by atoms with Crippen LogP contribution in [0.3, 0.4) is 0 Å². The average molecular weight is 313 g/mol. The van der Waals surface area contributed by atoms with E-state index in [0.717, 1.165) is 0 Å². The van der Waals surface area contributed by atoms with Crippen LogP contribution in [0.4, 0.5) is 0 Å². The van der Waals surface area contributed by atoms with E-state index in [1.165, 1.54) is 11.4 Å². The molecule has 0 fully saturated rings. The van der Waals surface area contributed by atoms with Gasteiger partial charge in [-0.05, 0) is 28.1 Å². The van der Waals surface area contributed by atoms with Crippen molar-refractivity contribution in [1.82, 2.24) is 4.31 Å². The molecule has 0 aliphatic rings. The largest absolute Gasteiger partial charge is 0.245 e. The van der Waals surface area contributed by atoms with Gasteiger partial charge < -0.3 is 0 Å². The molecule has 3 nitrogen and oxygen atoms in total. The molecule has 0 saturated carbocycles. The maximum atomic E-state index is 12.0. The molecule has 1 aromatic rings. The Bertz CT molecular complexity index is 441. The zero-order valence-corrected chi connectivity index (χ0v) is 11.5. The highest BCUT2D eigenvalue weighted by Gasteiger charge is 2.24. The summed E-state index contributed by atoms with van der Waals surface area (Å²) < 4.78 is 25.8. The summed E-state index contributed by atoms with van der Waals surface area (Å²) in [6.45, 7) is 2.17. The Morgan fingerprint density at radius 2 is 2.07 bits per heavy atom. The van der Waals surface area contributed by atoms with E-state index >= 15 is 0 Å². The third-order valence-electron chi connectivity index (χ3n) is 2.03. The molecular weight excluding hydrogens is 302 g/mol. The van der Waals surface area contributed by atoms with Crippen LogP contribution < -0.4 is 0 Å². The molecule has 0 saturated heterocycles. The number of hydrogen-bond donors (Lipinski definition) is 0. The van der Waals surface area contributed by atoms with Gasteiger partial charge in [0.1, 0.15) is 4.90 Å². The highest BCUT2D eigenvalue weighted by Crippen LogP contribution is 2.30. The Morgan fingerprint density at radius 3 is 2.53 bits per heavy atom. The van der Waals surface area contributed by atoms with Gasteiger partial charge in [-0.3, -0.25) is 0 Å². The van der Waals surface area contributed by atoms with E-state index in [9.17, 15) is 8.42 Å². The Hall–Kier alpha value is -0.100. The lowest BCUT2D eigenvalue weighted by Crippen LogP contribution is -2.27. The van der Waals surface area contributed by atoms with E-state index in [0.29, 0.717) is 11.0 Å². The number of benzene rings is 1. The van der Waals surface area contributed by atoms with Crippen LogP contribution in [0.5, 0.6) is 0 Å². The minimum absolute atomic E-state index is 0.121. The lowest BCUT2D eigenvalue weighted by atomic mass is 10.4. The molecule has 0 spiro atoms. The van der Waals surface area contributed by atoms with E-state index < -0.39 is 10.0 Å². The molecular formula is C9H11BrClNO2S. The summed E-state index contributed by atoms with van der Waals surface area (Å²) in [7, 11) is -1.98. The summed E-state index contributed by atoms with van der Waals surface area (Å²) in [5.41, 5.74) is 0. The SMILES string of the molecule is CCN(C)S(=O)(=O)c1c(Cl)cccc1Br. The average Bonchev–Trinajstić information content (AvgIpc) is 2.15. The molecule has 0 amide bonds. The summed E-state index contributed by atoms with van der Waals surface area (Å²) in [6, 6.07) is 4.91. The molecule has 0 aliphatic heterocycles. The summed E-state index contributed by atoms with van der Waals surface area (Å²) >= 11 is 9.07. The first-order valence-corrected chi connectivity index (χ1v) is 6.92. The predicted molar refractivity (Wildman–Crippen MR) is 64.6 cm³/mol. The maximum absolute atomic E-state index is 12.0. The molecule has 0 N–H and O–H groups in total. The molecule has 0 bridgehead atoms. The highest BCUT2D eigenvalue weighted by atomic mass is 79.9. The molecule has 1 aromatic carbocycles. The Labute approximate surface area is 103 Å². The van der Waals surface area contributed by atoms with Crippen molar-refractivity contribution in [2.45, 2.75) is 11.8 Å². The fraction of sp³-hybridized carbons (Fsp3) is 0.333. The van der Waals surface area contributed by atoms with Crippen LogP contribution in [-0.2, 0) is 10.0 Å². The van der Waals surface area contributed by atoms with Gasteiger partial charge in [0.05, 0.1) is 5.02 Å². The van der Waals surface area contributed by atoms with Gasteiger partial charge in [-0.2, -0.15) is 0 Å². The van der Waals surface area contributed by atoms with Gasteiger partial charge in [0.2, 0.25) is 10.0 Å². The van der Waals surface area contributed by atoms with E-state index in [1.54, 1.807) is 25.1 Å². The third-order valence-corrected chi connectivity index (χ3v) is 5.42. The molecule has 84 valence electrons. The van der Waals surface area contributed by atoms with Crippen LogP contribution in [0.15, 0.2) is 27.6 Å². The van der Waals surface area contributed by atoms with Crippen molar-refractivity contribution in [3.8, 4) is 0 Å². The molecule has 6 heteroatoms. The van der Waals surface area contributed by atoms with Crippen LogP contribution in [0.2, 0.25) is 5.02 Å². The highest BCUT2D eigenvalue weighted by molar-refractivity contribution is 9.10. The second-order valence-electron chi connectivity index (χ2n) is 2.97. The van der Waals surface area contributed by atoms with Crippen LogP contribution in [0, 0.1) is 0 Å².